The molecular formula is C11H22N2O3. The number of hydrogen-bond donors (Lipinski definition) is 3. The second-order valence-corrected chi connectivity index (χ2v) is 4.70. The number of hydrogen-bond acceptors (Lipinski definition) is 2. The van der Waals surface area contributed by atoms with Crippen LogP contribution in [0, 0.1) is 5.92 Å². The summed E-state index contributed by atoms with van der Waals surface area (Å²) in [6.45, 7) is 8.88. The van der Waals surface area contributed by atoms with Crippen LogP contribution in [0.2, 0.25) is 0 Å². The normalized spacial score (nSPS) is 15.1. The maximum absolute atomic E-state index is 11.5. The van der Waals surface area contributed by atoms with E-state index in [0.717, 1.165) is 6.42 Å². The van der Waals surface area contributed by atoms with Crippen LogP contribution in [0.1, 0.15) is 41.0 Å². The predicted octanol–water partition coefficient (Wildman–Crippen LogP) is 1.58. The Kier molecular flexibility index (Phi) is 5.27. The molecule has 0 fully saturated rings. The minimum absolute atomic E-state index is 0.0228. The summed E-state index contributed by atoms with van der Waals surface area (Å²) in [5.74, 6) is -0.697. The van der Waals surface area contributed by atoms with Gasteiger partial charge in [-0.15, -0.1) is 0 Å². The standard InChI is InChI=1S/C11H22N2O3/c1-6-7(2)8(3)12-10(16)13-11(4,5)9(14)15/h7-8H,6H2,1-5H3,(H,14,15)(H2,12,13,16). The van der Waals surface area contributed by atoms with Crippen LogP contribution in [0.15, 0.2) is 0 Å². The average molecular weight is 230 g/mol. The Morgan fingerprint density at radius 3 is 2.19 bits per heavy atom. The predicted molar refractivity (Wildman–Crippen MR) is 62.3 cm³/mol. The minimum Gasteiger partial charge on any atom is -0.480 e. The van der Waals surface area contributed by atoms with Crippen LogP contribution in [0.4, 0.5) is 4.79 Å². The van der Waals surface area contributed by atoms with Crippen molar-refractivity contribution in [3.63, 3.8) is 0 Å². The smallest absolute Gasteiger partial charge is 0.328 e. The fraction of sp³-hybridized carbons (Fsp3) is 0.818. The molecule has 3 N–H and O–H groups in total. The molecule has 0 spiro atoms. The average Bonchev–Trinajstić information content (AvgIpc) is 2.14. The monoisotopic (exact) mass is 230 g/mol. The zero-order chi connectivity index (χ0) is 12.9. The molecule has 2 amide bonds. The molecule has 2 unspecified atom stereocenters. The number of carboxylic acids is 1. The van der Waals surface area contributed by atoms with Crippen molar-refractivity contribution in [2.75, 3.05) is 0 Å². The van der Waals surface area contributed by atoms with Crippen LogP contribution in [-0.4, -0.2) is 28.7 Å². The largest absolute Gasteiger partial charge is 0.480 e. The summed E-state index contributed by atoms with van der Waals surface area (Å²) in [4.78, 5) is 22.3. The van der Waals surface area contributed by atoms with Crippen LogP contribution in [-0.2, 0) is 4.79 Å². The first-order valence-corrected chi connectivity index (χ1v) is 5.52. The highest BCUT2D eigenvalue weighted by molar-refractivity contribution is 5.85. The Balaban J connectivity index is 4.24. The molecular weight excluding hydrogens is 208 g/mol. The third kappa shape index (κ3) is 4.51. The molecule has 0 aromatic rings. The van der Waals surface area contributed by atoms with E-state index in [1.54, 1.807) is 0 Å². The van der Waals surface area contributed by atoms with Crippen molar-refractivity contribution in [3.8, 4) is 0 Å². The van der Waals surface area contributed by atoms with Gasteiger partial charge in [0.25, 0.3) is 0 Å². The number of nitrogens with one attached hydrogen (secondary N) is 2. The lowest BCUT2D eigenvalue weighted by Gasteiger charge is -2.25. The van der Waals surface area contributed by atoms with Crippen molar-refractivity contribution in [3.05, 3.63) is 0 Å². The Bertz CT molecular complexity index is 264. The van der Waals surface area contributed by atoms with Crippen molar-refractivity contribution in [1.29, 1.82) is 0 Å². The van der Waals surface area contributed by atoms with Gasteiger partial charge in [0.05, 0.1) is 0 Å². The molecule has 5 heteroatoms. The van der Waals surface area contributed by atoms with Crippen molar-refractivity contribution < 1.29 is 14.7 Å². The third-order valence-corrected chi connectivity index (χ3v) is 2.82. The first-order chi connectivity index (χ1) is 7.20. The molecule has 0 bridgehead atoms. The maximum atomic E-state index is 11.5. The first kappa shape index (κ1) is 14.7. The highest BCUT2D eigenvalue weighted by Gasteiger charge is 2.29. The van der Waals surface area contributed by atoms with E-state index in [2.05, 4.69) is 10.6 Å². The van der Waals surface area contributed by atoms with Gasteiger partial charge in [0.2, 0.25) is 0 Å². The number of carbonyl (C=O) groups excluding carboxylic acids is 1. The van der Waals surface area contributed by atoms with Crippen LogP contribution in [0.3, 0.4) is 0 Å². The summed E-state index contributed by atoms with van der Waals surface area (Å²) in [7, 11) is 0. The van der Waals surface area contributed by atoms with Gasteiger partial charge in [0.1, 0.15) is 5.54 Å². The number of aliphatic carboxylic acids is 1. The lowest BCUT2D eigenvalue weighted by molar-refractivity contribution is -0.142. The zero-order valence-corrected chi connectivity index (χ0v) is 10.6. The summed E-state index contributed by atoms with van der Waals surface area (Å²) in [6.07, 6.45) is 0.962. The van der Waals surface area contributed by atoms with E-state index in [-0.39, 0.29) is 6.04 Å². The summed E-state index contributed by atoms with van der Waals surface area (Å²) >= 11 is 0. The molecule has 0 aromatic heterocycles. The van der Waals surface area contributed by atoms with Gasteiger partial charge in [-0.1, -0.05) is 20.3 Å². The SMILES string of the molecule is CCC(C)C(C)NC(=O)NC(C)(C)C(=O)O. The molecule has 0 saturated carbocycles. The molecule has 2 atom stereocenters. The molecule has 5 nitrogen and oxygen atoms in total. The fourth-order valence-corrected chi connectivity index (χ4v) is 1.08. The molecule has 16 heavy (non-hydrogen) atoms. The highest BCUT2D eigenvalue weighted by Crippen LogP contribution is 2.07. The fourth-order valence-electron chi connectivity index (χ4n) is 1.08. The van der Waals surface area contributed by atoms with Crippen molar-refractivity contribution in [2.24, 2.45) is 5.92 Å². The van der Waals surface area contributed by atoms with E-state index < -0.39 is 17.5 Å². The van der Waals surface area contributed by atoms with Crippen molar-refractivity contribution >= 4 is 12.0 Å². The summed E-state index contributed by atoms with van der Waals surface area (Å²) in [5, 5.41) is 14.0. The van der Waals surface area contributed by atoms with Crippen LogP contribution >= 0.6 is 0 Å². The van der Waals surface area contributed by atoms with Gasteiger partial charge in [0, 0.05) is 6.04 Å². The highest BCUT2D eigenvalue weighted by atomic mass is 16.4. The van der Waals surface area contributed by atoms with E-state index in [1.807, 2.05) is 20.8 Å². The van der Waals surface area contributed by atoms with Gasteiger partial charge in [-0.25, -0.2) is 9.59 Å². The molecule has 0 radical (unpaired) electrons. The lowest BCUT2D eigenvalue weighted by Crippen LogP contribution is -2.55. The lowest BCUT2D eigenvalue weighted by atomic mass is 10.0. The van der Waals surface area contributed by atoms with E-state index in [9.17, 15) is 9.59 Å². The number of amides is 2. The first-order valence-electron chi connectivity index (χ1n) is 5.52. The van der Waals surface area contributed by atoms with Crippen molar-refractivity contribution in [2.45, 2.75) is 52.6 Å². The summed E-state index contributed by atoms with van der Waals surface area (Å²) in [6, 6.07) is -0.421. The topological polar surface area (TPSA) is 78.4 Å². The summed E-state index contributed by atoms with van der Waals surface area (Å²) in [5.41, 5.74) is -1.25. The molecule has 94 valence electrons. The second kappa shape index (κ2) is 5.72. The molecule has 0 aromatic carbocycles. The molecule has 0 heterocycles. The van der Waals surface area contributed by atoms with E-state index >= 15 is 0 Å². The van der Waals surface area contributed by atoms with Gasteiger partial charge < -0.3 is 15.7 Å². The van der Waals surface area contributed by atoms with Gasteiger partial charge in [-0.3, -0.25) is 0 Å². The van der Waals surface area contributed by atoms with E-state index in [1.165, 1.54) is 13.8 Å². The minimum atomic E-state index is -1.25. The summed E-state index contributed by atoms with van der Waals surface area (Å²) < 4.78 is 0. The van der Waals surface area contributed by atoms with E-state index in [4.69, 9.17) is 5.11 Å². The maximum Gasteiger partial charge on any atom is 0.328 e. The van der Waals surface area contributed by atoms with Crippen LogP contribution < -0.4 is 10.6 Å². The number of rotatable bonds is 5. The Morgan fingerprint density at radius 1 is 1.31 bits per heavy atom. The zero-order valence-electron chi connectivity index (χ0n) is 10.6. The quantitative estimate of drug-likeness (QED) is 0.671. The molecule has 0 saturated heterocycles. The Hall–Kier alpha value is -1.26. The number of carboxylic acid groups (broad SMARTS) is 1. The molecule has 0 aliphatic rings. The number of carbonyl (C=O) groups is 2. The van der Waals surface area contributed by atoms with Gasteiger partial charge >= 0.3 is 12.0 Å². The van der Waals surface area contributed by atoms with Gasteiger partial charge in [-0.2, -0.15) is 0 Å². The number of urea groups is 1. The van der Waals surface area contributed by atoms with Crippen LogP contribution in [0.5, 0.6) is 0 Å². The Labute approximate surface area is 96.6 Å². The van der Waals surface area contributed by atoms with Crippen molar-refractivity contribution in [1.82, 2.24) is 10.6 Å². The molecule has 0 aliphatic carbocycles. The van der Waals surface area contributed by atoms with Crippen LogP contribution in [0.25, 0.3) is 0 Å². The molecule has 0 rings (SSSR count). The van der Waals surface area contributed by atoms with E-state index in [0.29, 0.717) is 5.92 Å². The Morgan fingerprint density at radius 2 is 1.81 bits per heavy atom. The third-order valence-electron chi connectivity index (χ3n) is 2.82. The van der Waals surface area contributed by atoms with Gasteiger partial charge in [0.15, 0.2) is 0 Å². The van der Waals surface area contributed by atoms with Gasteiger partial charge in [-0.05, 0) is 26.7 Å². The second-order valence-electron chi connectivity index (χ2n) is 4.70. The molecule has 0 aliphatic heterocycles.